The molecular formula is C21H27ClFN3O2. The van der Waals surface area contributed by atoms with E-state index < -0.39 is 5.82 Å². The average molecular weight is 408 g/mol. The number of hydrogen-bond donors (Lipinski definition) is 1. The van der Waals surface area contributed by atoms with Crippen LogP contribution < -0.4 is 10.1 Å². The van der Waals surface area contributed by atoms with Crippen molar-refractivity contribution in [3.63, 3.8) is 0 Å². The van der Waals surface area contributed by atoms with Crippen molar-refractivity contribution in [3.05, 3.63) is 52.6 Å². The Kier molecular flexibility index (Phi) is 8.51. The molecule has 1 aromatic carbocycles. The summed E-state index contributed by atoms with van der Waals surface area (Å²) in [7, 11) is 0. The minimum Gasteiger partial charge on any atom is -0.489 e. The monoisotopic (exact) mass is 407 g/mol. The Bertz CT molecular complexity index is 793. The molecular weight excluding hydrogens is 381 g/mol. The van der Waals surface area contributed by atoms with Gasteiger partial charge in [-0.3, -0.25) is 9.48 Å². The molecule has 1 saturated carbocycles. The molecule has 7 heteroatoms. The molecule has 1 N–H and O–H groups in total. The summed E-state index contributed by atoms with van der Waals surface area (Å²) >= 11 is 6.18. The lowest BCUT2D eigenvalue weighted by Gasteiger charge is -2.11. The van der Waals surface area contributed by atoms with Crippen LogP contribution in [0.15, 0.2) is 30.6 Å². The van der Waals surface area contributed by atoms with E-state index in [0.29, 0.717) is 31.2 Å². The number of ether oxygens (including phenoxy) is 1. The van der Waals surface area contributed by atoms with Crippen molar-refractivity contribution >= 4 is 23.6 Å². The van der Waals surface area contributed by atoms with E-state index in [1.54, 1.807) is 16.9 Å². The number of hydrogen-bond acceptors (Lipinski definition) is 3. The van der Waals surface area contributed by atoms with Gasteiger partial charge >= 0.3 is 0 Å². The number of benzene rings is 1. The van der Waals surface area contributed by atoms with Crippen LogP contribution in [-0.4, -0.2) is 28.8 Å². The molecule has 1 heterocycles. The Morgan fingerprint density at radius 3 is 2.82 bits per heavy atom. The summed E-state index contributed by atoms with van der Waals surface area (Å²) in [6, 6.07) is 3.14. The molecule has 1 amide bonds. The molecule has 1 aliphatic rings. The van der Waals surface area contributed by atoms with Crippen molar-refractivity contribution in [2.45, 2.75) is 40.2 Å². The van der Waals surface area contributed by atoms with Crippen LogP contribution in [0.1, 0.15) is 44.7 Å². The lowest BCUT2D eigenvalue weighted by Crippen LogP contribution is -2.19. The summed E-state index contributed by atoms with van der Waals surface area (Å²) in [5.41, 5.74) is 1.61. The Hall–Kier alpha value is -2.34. The topological polar surface area (TPSA) is 56.2 Å². The number of nitrogens with one attached hydrogen (secondary N) is 1. The van der Waals surface area contributed by atoms with Crippen LogP contribution in [0, 0.1) is 11.7 Å². The first kappa shape index (κ1) is 22.0. The summed E-state index contributed by atoms with van der Waals surface area (Å²) in [5.74, 6) is 0.139. The first-order valence-corrected chi connectivity index (χ1v) is 9.93. The maximum atomic E-state index is 14.3. The minimum absolute atomic E-state index is 0.0752. The highest BCUT2D eigenvalue weighted by molar-refractivity contribution is 6.32. The maximum absolute atomic E-state index is 14.3. The lowest BCUT2D eigenvalue weighted by atomic mass is 10.2. The molecule has 152 valence electrons. The van der Waals surface area contributed by atoms with Crippen LogP contribution in [-0.2, 0) is 11.3 Å². The Balaban J connectivity index is 0.00000136. The van der Waals surface area contributed by atoms with Crippen molar-refractivity contribution in [2.24, 2.45) is 5.92 Å². The molecule has 0 unspecified atom stereocenters. The van der Waals surface area contributed by atoms with Gasteiger partial charge in [0.2, 0.25) is 5.91 Å². The third kappa shape index (κ3) is 7.00. The molecule has 0 bridgehead atoms. The zero-order valence-corrected chi connectivity index (χ0v) is 17.3. The number of aromatic nitrogens is 2. The maximum Gasteiger partial charge on any atom is 0.217 e. The molecule has 28 heavy (non-hydrogen) atoms. The summed E-state index contributed by atoms with van der Waals surface area (Å²) in [6.07, 6.45) is 9.52. The van der Waals surface area contributed by atoms with E-state index in [2.05, 4.69) is 10.4 Å². The zero-order chi connectivity index (χ0) is 20.5. The average Bonchev–Trinajstić information content (AvgIpc) is 3.38. The predicted octanol–water partition coefficient (Wildman–Crippen LogP) is 4.69. The molecule has 0 saturated heterocycles. The largest absolute Gasteiger partial charge is 0.489 e. The summed E-state index contributed by atoms with van der Waals surface area (Å²) < 4.78 is 21.5. The number of halogens is 2. The van der Waals surface area contributed by atoms with Crippen LogP contribution in [0.4, 0.5) is 4.39 Å². The van der Waals surface area contributed by atoms with Crippen molar-refractivity contribution in [2.75, 3.05) is 13.2 Å². The SMILES string of the molecule is CC.CC(=O)NC/C=C/c1cnn(Cc2cc(F)c(OCC3CC3)c(Cl)c2)c1. The lowest BCUT2D eigenvalue weighted by molar-refractivity contribution is -0.118. The van der Waals surface area contributed by atoms with Crippen LogP contribution in [0.5, 0.6) is 5.75 Å². The first-order valence-electron chi connectivity index (χ1n) is 9.55. The van der Waals surface area contributed by atoms with Gasteiger partial charge in [-0.25, -0.2) is 4.39 Å². The van der Waals surface area contributed by atoms with Gasteiger partial charge in [-0.05, 0) is 36.5 Å². The second-order valence-electron chi connectivity index (χ2n) is 6.45. The van der Waals surface area contributed by atoms with Gasteiger partial charge in [-0.2, -0.15) is 5.10 Å². The molecule has 2 aromatic rings. The number of amides is 1. The number of carbonyl (C=O) groups is 1. The molecule has 0 radical (unpaired) electrons. The van der Waals surface area contributed by atoms with Gasteiger partial charge in [0, 0.05) is 25.2 Å². The van der Waals surface area contributed by atoms with Crippen molar-refractivity contribution in [1.82, 2.24) is 15.1 Å². The molecule has 1 aromatic heterocycles. The number of rotatable bonds is 8. The van der Waals surface area contributed by atoms with E-state index >= 15 is 0 Å². The quantitative estimate of drug-likeness (QED) is 0.690. The van der Waals surface area contributed by atoms with E-state index in [0.717, 1.165) is 18.4 Å². The zero-order valence-electron chi connectivity index (χ0n) is 16.5. The fraction of sp³-hybridized carbons (Fsp3) is 0.429. The fourth-order valence-corrected chi connectivity index (χ4v) is 2.75. The molecule has 0 atom stereocenters. The standard InChI is InChI=1S/C19H21ClFN3O2.C2H6/c1-13(25)22-6-2-3-15-9-23-24(10-15)11-16-7-17(20)19(18(21)8-16)26-12-14-4-5-14;1-2/h2-3,7-10,14H,4-6,11-12H2,1H3,(H,22,25);1-2H3/b3-2+;. The van der Waals surface area contributed by atoms with Crippen LogP contribution in [0.3, 0.4) is 0 Å². The Morgan fingerprint density at radius 1 is 1.43 bits per heavy atom. The summed E-state index contributed by atoms with van der Waals surface area (Å²) in [6.45, 7) is 6.85. The van der Waals surface area contributed by atoms with E-state index in [-0.39, 0.29) is 16.7 Å². The van der Waals surface area contributed by atoms with E-state index in [9.17, 15) is 9.18 Å². The molecule has 0 spiro atoms. The smallest absolute Gasteiger partial charge is 0.217 e. The van der Waals surface area contributed by atoms with Gasteiger partial charge in [-0.15, -0.1) is 0 Å². The van der Waals surface area contributed by atoms with Gasteiger partial charge in [0.1, 0.15) is 0 Å². The third-order valence-corrected chi connectivity index (χ3v) is 4.28. The Morgan fingerprint density at radius 2 is 2.18 bits per heavy atom. The van der Waals surface area contributed by atoms with E-state index in [4.69, 9.17) is 16.3 Å². The molecule has 5 nitrogen and oxygen atoms in total. The van der Waals surface area contributed by atoms with Crippen molar-refractivity contribution in [3.8, 4) is 5.75 Å². The normalized spacial score (nSPS) is 13.2. The first-order chi connectivity index (χ1) is 13.5. The highest BCUT2D eigenvalue weighted by atomic mass is 35.5. The highest BCUT2D eigenvalue weighted by Gasteiger charge is 2.23. The molecule has 1 fully saturated rings. The second-order valence-corrected chi connectivity index (χ2v) is 6.86. The van der Waals surface area contributed by atoms with Crippen molar-refractivity contribution in [1.29, 1.82) is 0 Å². The fourth-order valence-electron chi connectivity index (χ4n) is 2.46. The van der Waals surface area contributed by atoms with Gasteiger partial charge in [-0.1, -0.05) is 37.6 Å². The molecule has 1 aliphatic carbocycles. The third-order valence-electron chi connectivity index (χ3n) is 4.00. The van der Waals surface area contributed by atoms with Crippen LogP contribution in [0.25, 0.3) is 6.08 Å². The molecule has 0 aliphatic heterocycles. The van der Waals surface area contributed by atoms with Crippen molar-refractivity contribution < 1.29 is 13.9 Å². The number of carbonyl (C=O) groups excluding carboxylic acids is 1. The second kappa shape index (κ2) is 10.9. The van der Waals surface area contributed by atoms with E-state index in [1.165, 1.54) is 13.0 Å². The van der Waals surface area contributed by atoms with Gasteiger partial charge in [0.15, 0.2) is 11.6 Å². The predicted molar refractivity (Wildman–Crippen MR) is 110 cm³/mol. The summed E-state index contributed by atoms with van der Waals surface area (Å²) in [4.78, 5) is 10.8. The van der Waals surface area contributed by atoms with Crippen LogP contribution in [0.2, 0.25) is 5.02 Å². The van der Waals surface area contributed by atoms with Crippen LogP contribution >= 0.6 is 11.6 Å². The van der Waals surface area contributed by atoms with Gasteiger partial charge in [0.25, 0.3) is 0 Å². The Labute approximate surface area is 170 Å². The van der Waals surface area contributed by atoms with Gasteiger partial charge < -0.3 is 10.1 Å². The minimum atomic E-state index is -0.448. The van der Waals surface area contributed by atoms with E-state index in [1.807, 2.05) is 32.2 Å². The molecule has 3 rings (SSSR count). The highest BCUT2D eigenvalue weighted by Crippen LogP contribution is 2.34. The number of nitrogens with zero attached hydrogens (tertiary/aromatic N) is 2. The van der Waals surface area contributed by atoms with Gasteiger partial charge in [0.05, 0.1) is 24.4 Å². The summed E-state index contributed by atoms with van der Waals surface area (Å²) in [5, 5.41) is 7.22.